The van der Waals surface area contributed by atoms with E-state index in [-0.39, 0.29) is 0 Å². The third kappa shape index (κ3) is 3.49. The van der Waals surface area contributed by atoms with Crippen LogP contribution in [0.4, 0.5) is 5.69 Å². The van der Waals surface area contributed by atoms with E-state index in [1.165, 1.54) is 30.6 Å². The van der Waals surface area contributed by atoms with Crippen molar-refractivity contribution in [2.75, 3.05) is 44.4 Å². The summed E-state index contributed by atoms with van der Waals surface area (Å²) in [5, 5.41) is 0. The van der Waals surface area contributed by atoms with Crippen molar-refractivity contribution in [1.82, 2.24) is 4.90 Å². The van der Waals surface area contributed by atoms with E-state index in [1.54, 1.807) is 0 Å². The van der Waals surface area contributed by atoms with Crippen LogP contribution in [0.1, 0.15) is 12.0 Å². The number of piperazine rings is 1. The molecule has 2 aromatic carbocycles. The minimum absolute atomic E-state index is 0.341. The van der Waals surface area contributed by atoms with Crippen LogP contribution in [0, 0.1) is 0 Å². The molecule has 1 fully saturated rings. The van der Waals surface area contributed by atoms with Gasteiger partial charge in [-0.3, -0.25) is 4.90 Å². The zero-order valence-electron chi connectivity index (χ0n) is 14.0. The molecule has 4 rings (SSSR count). The van der Waals surface area contributed by atoms with Gasteiger partial charge in [-0.1, -0.05) is 30.3 Å². The van der Waals surface area contributed by atoms with Gasteiger partial charge in [-0.2, -0.15) is 0 Å². The van der Waals surface area contributed by atoms with Crippen molar-refractivity contribution in [1.29, 1.82) is 0 Å². The predicted octanol–water partition coefficient (Wildman–Crippen LogP) is 3.17. The summed E-state index contributed by atoms with van der Waals surface area (Å²) in [7, 11) is 0. The molecular formula is C20H24N2O2. The maximum atomic E-state index is 5.49. The van der Waals surface area contributed by atoms with Crippen molar-refractivity contribution in [3.8, 4) is 11.5 Å². The molecule has 0 N–H and O–H groups in total. The summed E-state index contributed by atoms with van der Waals surface area (Å²) in [6.45, 7) is 5.93. The summed E-state index contributed by atoms with van der Waals surface area (Å²) in [5.74, 6) is 1.73. The summed E-state index contributed by atoms with van der Waals surface area (Å²) < 4.78 is 10.9. The average Bonchev–Trinajstić information content (AvgIpc) is 3.11. The second kappa shape index (κ2) is 7.14. The van der Waals surface area contributed by atoms with Crippen LogP contribution in [0.5, 0.6) is 11.5 Å². The first-order valence-corrected chi connectivity index (χ1v) is 8.79. The molecular weight excluding hydrogens is 300 g/mol. The van der Waals surface area contributed by atoms with Crippen molar-refractivity contribution in [3.05, 3.63) is 54.1 Å². The fourth-order valence-electron chi connectivity index (χ4n) is 3.46. The number of hydrogen-bond acceptors (Lipinski definition) is 4. The van der Waals surface area contributed by atoms with Crippen LogP contribution < -0.4 is 14.4 Å². The lowest BCUT2D eigenvalue weighted by atomic mass is 10.1. The molecule has 2 aliphatic rings. The lowest BCUT2D eigenvalue weighted by Crippen LogP contribution is -2.46. The van der Waals surface area contributed by atoms with E-state index in [4.69, 9.17) is 9.47 Å². The van der Waals surface area contributed by atoms with E-state index < -0.39 is 0 Å². The van der Waals surface area contributed by atoms with Crippen molar-refractivity contribution in [3.63, 3.8) is 0 Å². The van der Waals surface area contributed by atoms with E-state index in [0.717, 1.165) is 37.7 Å². The van der Waals surface area contributed by atoms with Gasteiger partial charge in [0.25, 0.3) is 0 Å². The Balaban J connectivity index is 1.25. The Morgan fingerprint density at radius 3 is 2.46 bits per heavy atom. The van der Waals surface area contributed by atoms with E-state index in [0.29, 0.717) is 6.79 Å². The Bertz CT molecular complexity index is 667. The normalized spacial score (nSPS) is 17.2. The lowest BCUT2D eigenvalue weighted by molar-refractivity contribution is 0.174. The van der Waals surface area contributed by atoms with E-state index in [9.17, 15) is 0 Å². The molecule has 2 aliphatic heterocycles. The highest BCUT2D eigenvalue weighted by atomic mass is 16.7. The largest absolute Gasteiger partial charge is 0.454 e. The summed E-state index contributed by atoms with van der Waals surface area (Å²) in [4.78, 5) is 5.02. The third-order valence-corrected chi connectivity index (χ3v) is 4.88. The minimum atomic E-state index is 0.341. The van der Waals surface area contributed by atoms with Gasteiger partial charge >= 0.3 is 0 Å². The van der Waals surface area contributed by atoms with Crippen molar-refractivity contribution in [2.45, 2.75) is 12.8 Å². The molecule has 4 nitrogen and oxygen atoms in total. The molecule has 0 saturated carbocycles. The number of fused-ring (bicyclic) bond motifs is 1. The lowest BCUT2D eigenvalue weighted by Gasteiger charge is -2.36. The zero-order valence-corrected chi connectivity index (χ0v) is 14.0. The number of ether oxygens (including phenoxy) is 2. The monoisotopic (exact) mass is 324 g/mol. The number of hydrogen-bond donors (Lipinski definition) is 0. The fraction of sp³-hybridized carbons (Fsp3) is 0.400. The summed E-state index contributed by atoms with van der Waals surface area (Å²) >= 11 is 0. The first-order valence-electron chi connectivity index (χ1n) is 8.79. The molecule has 2 heterocycles. The quantitative estimate of drug-likeness (QED) is 0.843. The van der Waals surface area contributed by atoms with Crippen LogP contribution in [0.25, 0.3) is 0 Å². The van der Waals surface area contributed by atoms with Gasteiger partial charge in [-0.25, -0.2) is 0 Å². The molecule has 0 aromatic heterocycles. The smallest absolute Gasteiger partial charge is 0.231 e. The Hall–Kier alpha value is -2.20. The van der Waals surface area contributed by atoms with E-state index in [1.807, 2.05) is 6.07 Å². The molecule has 2 aromatic rings. The molecule has 0 radical (unpaired) electrons. The van der Waals surface area contributed by atoms with Gasteiger partial charge in [-0.05, 0) is 37.1 Å². The topological polar surface area (TPSA) is 24.9 Å². The van der Waals surface area contributed by atoms with Crippen LogP contribution in [0.15, 0.2) is 48.5 Å². The highest BCUT2D eigenvalue weighted by Gasteiger charge is 2.20. The summed E-state index contributed by atoms with van der Waals surface area (Å²) in [6.07, 6.45) is 2.40. The van der Waals surface area contributed by atoms with Crippen LogP contribution in [-0.2, 0) is 6.42 Å². The third-order valence-electron chi connectivity index (χ3n) is 4.88. The Morgan fingerprint density at radius 1 is 0.833 bits per heavy atom. The summed E-state index contributed by atoms with van der Waals surface area (Å²) in [5.41, 5.74) is 2.68. The highest BCUT2D eigenvalue weighted by Crippen LogP contribution is 2.35. The van der Waals surface area contributed by atoms with Crippen LogP contribution in [0.2, 0.25) is 0 Å². The maximum absolute atomic E-state index is 5.49. The molecule has 0 bridgehead atoms. The second-order valence-corrected chi connectivity index (χ2v) is 6.46. The van der Waals surface area contributed by atoms with Crippen LogP contribution >= 0.6 is 0 Å². The Morgan fingerprint density at radius 2 is 1.62 bits per heavy atom. The molecule has 24 heavy (non-hydrogen) atoms. The van der Waals surface area contributed by atoms with E-state index >= 15 is 0 Å². The Labute approximate surface area is 143 Å². The average molecular weight is 324 g/mol. The SMILES string of the molecule is c1ccc(CCCN2CCN(c3ccc4c(c3)OCO4)CC2)cc1. The minimum Gasteiger partial charge on any atom is -0.454 e. The van der Waals surface area contributed by atoms with Gasteiger partial charge in [0.1, 0.15) is 0 Å². The van der Waals surface area contributed by atoms with Crippen molar-refractivity contribution in [2.24, 2.45) is 0 Å². The molecule has 0 unspecified atom stereocenters. The Kier molecular flexibility index (Phi) is 4.56. The van der Waals surface area contributed by atoms with Crippen LogP contribution in [0.3, 0.4) is 0 Å². The van der Waals surface area contributed by atoms with Gasteiger partial charge in [0.15, 0.2) is 11.5 Å². The number of anilines is 1. The van der Waals surface area contributed by atoms with Crippen molar-refractivity contribution < 1.29 is 9.47 Å². The number of aryl methyl sites for hydroxylation is 1. The van der Waals surface area contributed by atoms with Gasteiger partial charge in [0.05, 0.1) is 0 Å². The molecule has 1 saturated heterocycles. The number of rotatable bonds is 5. The second-order valence-electron chi connectivity index (χ2n) is 6.46. The molecule has 126 valence electrons. The predicted molar refractivity (Wildman–Crippen MR) is 96.0 cm³/mol. The van der Waals surface area contributed by atoms with Gasteiger partial charge in [0.2, 0.25) is 6.79 Å². The first-order chi connectivity index (χ1) is 11.9. The van der Waals surface area contributed by atoms with Crippen LogP contribution in [-0.4, -0.2) is 44.4 Å². The standard InChI is InChI=1S/C20H24N2O2/c1-2-5-17(6-3-1)7-4-10-21-11-13-22(14-12-21)18-8-9-19-20(15-18)24-16-23-19/h1-3,5-6,8-9,15H,4,7,10-14,16H2. The summed E-state index contributed by atoms with van der Waals surface area (Å²) in [6, 6.07) is 17.0. The van der Waals surface area contributed by atoms with E-state index in [2.05, 4.69) is 52.3 Å². The number of benzene rings is 2. The van der Waals surface area contributed by atoms with Gasteiger partial charge in [0, 0.05) is 37.9 Å². The molecule has 0 spiro atoms. The fourth-order valence-corrected chi connectivity index (χ4v) is 3.46. The molecule has 0 aliphatic carbocycles. The molecule has 0 amide bonds. The maximum Gasteiger partial charge on any atom is 0.231 e. The van der Waals surface area contributed by atoms with Crippen molar-refractivity contribution >= 4 is 5.69 Å². The highest BCUT2D eigenvalue weighted by molar-refractivity contribution is 5.57. The zero-order chi connectivity index (χ0) is 16.2. The van der Waals surface area contributed by atoms with Gasteiger partial charge in [-0.15, -0.1) is 0 Å². The number of nitrogens with zero attached hydrogens (tertiary/aromatic N) is 2. The van der Waals surface area contributed by atoms with Gasteiger partial charge < -0.3 is 14.4 Å². The molecule has 4 heteroatoms. The molecule has 0 atom stereocenters. The first kappa shape index (κ1) is 15.3.